The van der Waals surface area contributed by atoms with Gasteiger partial charge in [-0.25, -0.2) is 15.0 Å². The van der Waals surface area contributed by atoms with Crippen LogP contribution in [0.15, 0.2) is 191 Å². The van der Waals surface area contributed by atoms with E-state index in [4.69, 9.17) is 23.8 Å². The van der Waals surface area contributed by atoms with Crippen molar-refractivity contribution in [1.29, 1.82) is 0 Å². The molecule has 0 N–H and O–H groups in total. The fourth-order valence-electron chi connectivity index (χ4n) is 8.41. The van der Waals surface area contributed by atoms with Gasteiger partial charge in [0.2, 0.25) is 0 Å². The number of nitrogens with zero attached hydrogens (tertiary/aromatic N) is 4. The maximum atomic E-state index is 6.65. The van der Waals surface area contributed by atoms with E-state index < -0.39 is 0 Å². The van der Waals surface area contributed by atoms with Crippen molar-refractivity contribution in [1.82, 2.24) is 19.5 Å². The molecule has 12 rings (SSSR count). The van der Waals surface area contributed by atoms with Gasteiger partial charge >= 0.3 is 0 Å². The molecule has 0 radical (unpaired) electrons. The normalized spacial score (nSPS) is 11.9. The molecule has 4 aromatic heterocycles. The molecule has 4 heterocycles. The Morgan fingerprint density at radius 3 is 1.63 bits per heavy atom. The van der Waals surface area contributed by atoms with Crippen LogP contribution in [0, 0.1) is 0 Å². The monoisotopic (exact) mass is 730 g/mol. The van der Waals surface area contributed by atoms with E-state index in [1.54, 1.807) is 0 Å². The maximum Gasteiger partial charge on any atom is 0.164 e. The second-order valence-electron chi connectivity index (χ2n) is 14.4. The molecular formula is C51H30N4O2. The second-order valence-corrected chi connectivity index (χ2v) is 14.4. The molecule has 6 heteroatoms. The van der Waals surface area contributed by atoms with Crippen LogP contribution in [0.3, 0.4) is 0 Å². The van der Waals surface area contributed by atoms with Crippen molar-refractivity contribution in [3.8, 4) is 51.0 Å². The summed E-state index contributed by atoms with van der Waals surface area (Å²) in [4.78, 5) is 15.3. The lowest BCUT2D eigenvalue weighted by Crippen LogP contribution is -2.00. The van der Waals surface area contributed by atoms with Crippen molar-refractivity contribution >= 4 is 65.7 Å². The third-order valence-electron chi connectivity index (χ3n) is 11.1. The lowest BCUT2D eigenvalue weighted by Gasteiger charge is -2.09. The molecule has 6 nitrogen and oxygen atoms in total. The fourth-order valence-corrected chi connectivity index (χ4v) is 8.41. The summed E-state index contributed by atoms with van der Waals surface area (Å²) in [6.07, 6.45) is 0. The molecule has 0 aliphatic rings. The van der Waals surface area contributed by atoms with E-state index in [0.29, 0.717) is 17.5 Å². The van der Waals surface area contributed by atoms with Gasteiger partial charge in [-0.1, -0.05) is 121 Å². The van der Waals surface area contributed by atoms with Crippen LogP contribution in [0.2, 0.25) is 0 Å². The Labute approximate surface area is 325 Å². The van der Waals surface area contributed by atoms with Gasteiger partial charge in [0, 0.05) is 60.8 Å². The molecule has 12 aromatic rings. The highest BCUT2D eigenvalue weighted by molar-refractivity contribution is 6.13. The van der Waals surface area contributed by atoms with Crippen LogP contribution >= 0.6 is 0 Å². The molecule has 0 saturated heterocycles. The molecule has 0 aliphatic heterocycles. The first-order chi connectivity index (χ1) is 28.2. The molecule has 0 amide bonds. The van der Waals surface area contributed by atoms with Crippen LogP contribution < -0.4 is 0 Å². The molecule has 0 aliphatic carbocycles. The number of benzene rings is 8. The zero-order chi connectivity index (χ0) is 37.5. The number of fused-ring (bicyclic) bond motifs is 9. The van der Waals surface area contributed by atoms with Gasteiger partial charge in [0.05, 0.1) is 11.0 Å². The predicted octanol–water partition coefficient (Wildman–Crippen LogP) is 13.4. The summed E-state index contributed by atoms with van der Waals surface area (Å²) in [6.45, 7) is 0. The van der Waals surface area contributed by atoms with Crippen molar-refractivity contribution < 1.29 is 8.83 Å². The number of furan rings is 2. The Bertz CT molecular complexity index is 3470. The Kier molecular flexibility index (Phi) is 6.83. The highest BCUT2D eigenvalue weighted by Gasteiger charge is 2.20. The first kappa shape index (κ1) is 31.5. The minimum absolute atomic E-state index is 0.559. The van der Waals surface area contributed by atoms with E-state index in [1.165, 1.54) is 10.8 Å². The minimum atomic E-state index is 0.559. The molecular weight excluding hydrogens is 701 g/mol. The van der Waals surface area contributed by atoms with Gasteiger partial charge in [-0.05, 0) is 65.7 Å². The number of rotatable bonds is 5. The Morgan fingerprint density at radius 2 is 0.877 bits per heavy atom. The van der Waals surface area contributed by atoms with Crippen molar-refractivity contribution in [2.75, 3.05) is 0 Å². The first-order valence-corrected chi connectivity index (χ1v) is 19.0. The average molecular weight is 731 g/mol. The van der Waals surface area contributed by atoms with Crippen LogP contribution in [0.4, 0.5) is 0 Å². The molecule has 8 aromatic carbocycles. The largest absolute Gasteiger partial charge is 0.456 e. The quantitative estimate of drug-likeness (QED) is 0.176. The Hall–Kier alpha value is -7.83. The number of aromatic nitrogens is 4. The Morgan fingerprint density at radius 1 is 0.333 bits per heavy atom. The Balaban J connectivity index is 1.01. The maximum absolute atomic E-state index is 6.65. The van der Waals surface area contributed by atoms with E-state index in [9.17, 15) is 0 Å². The smallest absolute Gasteiger partial charge is 0.164 e. The molecule has 0 spiro atoms. The fraction of sp³-hybridized carbons (Fsp3) is 0. The zero-order valence-electron chi connectivity index (χ0n) is 30.4. The molecule has 0 unspecified atom stereocenters. The van der Waals surface area contributed by atoms with E-state index in [1.807, 2.05) is 54.6 Å². The minimum Gasteiger partial charge on any atom is -0.456 e. The van der Waals surface area contributed by atoms with Crippen molar-refractivity contribution in [2.24, 2.45) is 0 Å². The summed E-state index contributed by atoms with van der Waals surface area (Å²) in [5, 5.41) is 6.51. The summed E-state index contributed by atoms with van der Waals surface area (Å²) in [6, 6.07) is 62.7. The zero-order valence-corrected chi connectivity index (χ0v) is 30.4. The molecule has 0 bridgehead atoms. The van der Waals surface area contributed by atoms with Gasteiger partial charge in [0.25, 0.3) is 0 Å². The molecule has 266 valence electrons. The lowest BCUT2D eigenvalue weighted by atomic mass is 10.0. The highest BCUT2D eigenvalue weighted by atomic mass is 16.3. The summed E-state index contributed by atoms with van der Waals surface area (Å²) < 4.78 is 15.4. The third-order valence-corrected chi connectivity index (χ3v) is 11.1. The van der Waals surface area contributed by atoms with Crippen LogP contribution in [0.25, 0.3) is 117 Å². The van der Waals surface area contributed by atoms with E-state index in [0.717, 1.165) is 88.4 Å². The van der Waals surface area contributed by atoms with Crippen LogP contribution in [-0.2, 0) is 0 Å². The number of hydrogen-bond acceptors (Lipinski definition) is 5. The summed E-state index contributed by atoms with van der Waals surface area (Å²) in [7, 11) is 0. The van der Waals surface area contributed by atoms with Crippen LogP contribution in [-0.4, -0.2) is 19.5 Å². The van der Waals surface area contributed by atoms with Gasteiger partial charge in [-0.2, -0.15) is 0 Å². The van der Waals surface area contributed by atoms with Gasteiger partial charge < -0.3 is 13.4 Å². The van der Waals surface area contributed by atoms with Crippen molar-refractivity contribution in [3.63, 3.8) is 0 Å². The van der Waals surface area contributed by atoms with E-state index in [2.05, 4.69) is 132 Å². The standard InChI is InChI=1S/C51H30N4O2/c1-3-12-31(13-4-1)33-22-26-40-46(28-33)56-44-21-11-18-41(48(40)44)51-53-49(32-14-5-2-6-15-32)52-50(54-51)34-23-25-38-39-27-24-35(30-47(39)57-45(38)29-34)55-42-19-9-7-16-36(42)37-17-8-10-20-43(37)55/h1-30H. The molecule has 57 heavy (non-hydrogen) atoms. The summed E-state index contributed by atoms with van der Waals surface area (Å²) in [5.74, 6) is 1.72. The first-order valence-electron chi connectivity index (χ1n) is 19.0. The van der Waals surface area contributed by atoms with Gasteiger partial charge in [0.1, 0.15) is 22.3 Å². The second kappa shape index (κ2) is 12.3. The van der Waals surface area contributed by atoms with Crippen LogP contribution in [0.5, 0.6) is 0 Å². The number of hydrogen-bond donors (Lipinski definition) is 0. The SMILES string of the molecule is c1ccc(-c2ccc3c(c2)oc2cccc(-c4nc(-c5ccccc5)nc(-c5ccc6c(c5)oc5cc(-n7c8ccccc8c8ccccc87)ccc56)n4)c23)cc1. The van der Waals surface area contributed by atoms with E-state index in [-0.39, 0.29) is 0 Å². The van der Waals surface area contributed by atoms with Crippen LogP contribution in [0.1, 0.15) is 0 Å². The topological polar surface area (TPSA) is 69.9 Å². The predicted molar refractivity (Wildman–Crippen MR) is 230 cm³/mol. The third kappa shape index (κ3) is 5.01. The summed E-state index contributed by atoms with van der Waals surface area (Å²) in [5.41, 5.74) is 11.4. The van der Waals surface area contributed by atoms with Gasteiger partial charge in [-0.15, -0.1) is 0 Å². The van der Waals surface area contributed by atoms with Gasteiger partial charge in [0.15, 0.2) is 17.5 Å². The van der Waals surface area contributed by atoms with Crippen molar-refractivity contribution in [3.05, 3.63) is 182 Å². The lowest BCUT2D eigenvalue weighted by molar-refractivity contribution is 0.668. The average Bonchev–Trinajstić information content (AvgIpc) is 3.95. The van der Waals surface area contributed by atoms with Crippen molar-refractivity contribution in [2.45, 2.75) is 0 Å². The molecule has 0 saturated carbocycles. The summed E-state index contributed by atoms with van der Waals surface area (Å²) >= 11 is 0. The molecule has 0 fully saturated rings. The number of para-hydroxylation sites is 2. The highest BCUT2D eigenvalue weighted by Crippen LogP contribution is 2.40. The molecule has 0 atom stereocenters. The van der Waals surface area contributed by atoms with Gasteiger partial charge in [-0.3, -0.25) is 0 Å². The van der Waals surface area contributed by atoms with E-state index >= 15 is 0 Å².